The summed E-state index contributed by atoms with van der Waals surface area (Å²) in [7, 11) is 1.54. The largest absolute Gasteiger partial charge is 0.493 e. The molecule has 1 N–H and O–H groups in total. The van der Waals surface area contributed by atoms with Gasteiger partial charge >= 0.3 is 0 Å². The van der Waals surface area contributed by atoms with Gasteiger partial charge in [0.25, 0.3) is 5.91 Å². The summed E-state index contributed by atoms with van der Waals surface area (Å²) in [5.74, 6) is 2.15. The fraction of sp³-hybridized carbons (Fsp3) is 0.208. The first-order chi connectivity index (χ1) is 15.4. The number of carbonyl (C=O) groups excluding carboxylic acids is 1. The molecule has 2 aromatic carbocycles. The number of amidine groups is 2. The maximum Gasteiger partial charge on any atom is 0.282 e. The third-order valence-electron chi connectivity index (χ3n) is 4.81. The normalized spacial score (nSPS) is 16.3. The first-order valence-electron chi connectivity index (χ1n) is 10.0. The van der Waals surface area contributed by atoms with Crippen LogP contribution in [0.5, 0.6) is 17.2 Å². The number of hydroxylamine groups is 2. The van der Waals surface area contributed by atoms with E-state index in [1.807, 2.05) is 31.2 Å². The molecule has 0 atom stereocenters. The van der Waals surface area contributed by atoms with Crippen molar-refractivity contribution in [2.24, 2.45) is 4.99 Å². The van der Waals surface area contributed by atoms with E-state index in [-0.39, 0.29) is 11.4 Å². The second-order valence-electron chi connectivity index (χ2n) is 7.24. The number of allylic oxidation sites excluding steroid dienone is 1. The van der Waals surface area contributed by atoms with Gasteiger partial charge in [-0.15, -0.1) is 5.06 Å². The number of ether oxygens (including phenoxy) is 3. The lowest BCUT2D eigenvalue weighted by molar-refractivity contribution is -0.114. The van der Waals surface area contributed by atoms with Crippen molar-refractivity contribution in [3.63, 3.8) is 0 Å². The monoisotopic (exact) mass is 433 g/mol. The van der Waals surface area contributed by atoms with Crippen LogP contribution in [0.15, 0.2) is 64.9 Å². The Labute approximate surface area is 185 Å². The molecule has 0 saturated carbocycles. The van der Waals surface area contributed by atoms with Crippen molar-refractivity contribution in [3.05, 3.63) is 71.0 Å². The number of methoxy groups -OCH3 is 1. The predicted octanol–water partition coefficient (Wildman–Crippen LogP) is 3.91. The van der Waals surface area contributed by atoms with Crippen LogP contribution in [0.3, 0.4) is 0 Å². The Morgan fingerprint density at radius 3 is 2.56 bits per heavy atom. The Morgan fingerprint density at radius 1 is 1.06 bits per heavy atom. The van der Waals surface area contributed by atoms with Crippen LogP contribution in [0.25, 0.3) is 6.08 Å². The highest BCUT2D eigenvalue weighted by molar-refractivity contribution is 6.32. The number of hydrogen-bond acceptors (Lipinski definition) is 6. The van der Waals surface area contributed by atoms with E-state index in [0.717, 1.165) is 5.75 Å². The summed E-state index contributed by atoms with van der Waals surface area (Å²) in [4.78, 5) is 21.8. The fourth-order valence-electron chi connectivity index (χ4n) is 3.21. The van der Waals surface area contributed by atoms with Crippen LogP contribution in [-0.4, -0.2) is 43.0 Å². The number of nitrogens with one attached hydrogen (secondary N) is 1. The van der Waals surface area contributed by atoms with E-state index in [1.54, 1.807) is 44.4 Å². The van der Waals surface area contributed by atoms with Crippen LogP contribution < -0.4 is 14.2 Å². The second-order valence-corrected chi connectivity index (χ2v) is 7.24. The fourth-order valence-corrected chi connectivity index (χ4v) is 3.21. The molecule has 8 nitrogen and oxygen atoms in total. The van der Waals surface area contributed by atoms with Gasteiger partial charge in [0, 0.05) is 6.08 Å². The molecular formula is C24H23N3O5. The Kier molecular flexibility index (Phi) is 5.93. The van der Waals surface area contributed by atoms with E-state index in [0.29, 0.717) is 41.9 Å². The molecule has 1 amide bonds. The highest BCUT2D eigenvalue weighted by Gasteiger charge is 2.34. The van der Waals surface area contributed by atoms with Crippen molar-refractivity contribution >= 4 is 23.7 Å². The second kappa shape index (κ2) is 8.97. The van der Waals surface area contributed by atoms with E-state index in [9.17, 15) is 4.79 Å². The number of amides is 1. The molecule has 0 bridgehead atoms. The summed E-state index contributed by atoms with van der Waals surface area (Å²) in [6.45, 7) is 4.48. The molecule has 0 fully saturated rings. The van der Waals surface area contributed by atoms with Crippen LogP contribution >= 0.6 is 0 Å². The van der Waals surface area contributed by atoms with Crippen LogP contribution in [-0.2, 0) is 9.63 Å². The summed E-state index contributed by atoms with van der Waals surface area (Å²) in [5, 5.41) is 9.53. The van der Waals surface area contributed by atoms with E-state index in [1.165, 1.54) is 10.6 Å². The van der Waals surface area contributed by atoms with Crippen LogP contribution in [0.4, 0.5) is 0 Å². The maximum absolute atomic E-state index is 12.4. The zero-order chi connectivity index (χ0) is 22.7. The Hall–Kier alpha value is -4.07. The van der Waals surface area contributed by atoms with Crippen LogP contribution in [0.1, 0.15) is 18.1 Å². The van der Waals surface area contributed by atoms with Gasteiger partial charge in [0.2, 0.25) is 0 Å². The van der Waals surface area contributed by atoms with Crippen molar-refractivity contribution in [3.8, 4) is 17.2 Å². The highest BCUT2D eigenvalue weighted by atomic mass is 16.7. The smallest absolute Gasteiger partial charge is 0.282 e. The lowest BCUT2D eigenvalue weighted by atomic mass is 10.1. The highest BCUT2D eigenvalue weighted by Crippen LogP contribution is 2.30. The SMILES string of the molecule is COc1cc(/C=C2/C(=N)N3OC(C)=CC3=NC2=O)ccc1OCCOc1ccc(C)cc1. The lowest BCUT2D eigenvalue weighted by Gasteiger charge is -2.23. The molecule has 8 heteroatoms. The van der Waals surface area contributed by atoms with E-state index in [4.69, 9.17) is 24.5 Å². The van der Waals surface area contributed by atoms with Crippen LogP contribution in [0.2, 0.25) is 0 Å². The van der Waals surface area contributed by atoms with Crippen molar-refractivity contribution in [2.75, 3.05) is 20.3 Å². The average Bonchev–Trinajstić information content (AvgIpc) is 3.16. The average molecular weight is 433 g/mol. The zero-order valence-electron chi connectivity index (χ0n) is 18.0. The number of nitrogens with zero attached hydrogens (tertiary/aromatic N) is 2. The van der Waals surface area contributed by atoms with Gasteiger partial charge in [-0.25, -0.2) is 0 Å². The molecule has 0 aromatic heterocycles. The molecule has 0 aliphatic carbocycles. The molecular weight excluding hydrogens is 410 g/mol. The number of aryl methyl sites for hydroxylation is 1. The van der Waals surface area contributed by atoms with Gasteiger partial charge in [-0.1, -0.05) is 23.8 Å². The first kappa shape index (κ1) is 21.2. The molecule has 4 rings (SSSR count). The summed E-state index contributed by atoms with van der Waals surface area (Å²) in [6.07, 6.45) is 3.19. The number of benzene rings is 2. The predicted molar refractivity (Wildman–Crippen MR) is 120 cm³/mol. The third-order valence-corrected chi connectivity index (χ3v) is 4.81. The maximum atomic E-state index is 12.4. The number of fused-ring (bicyclic) bond motifs is 1. The standard InChI is InChI=1S/C24H23N3O5/c1-15-4-7-18(8-5-15)30-10-11-31-20-9-6-17(14-21(20)29-3)13-19-23(25)27-22(26-24(19)28)12-16(2)32-27/h4-9,12-14,25H,10-11H2,1-3H3/b19-13-,25-23?. The molecule has 0 radical (unpaired) electrons. The molecule has 2 aliphatic heterocycles. The summed E-state index contributed by atoms with van der Waals surface area (Å²) >= 11 is 0. The number of rotatable bonds is 7. The van der Waals surface area contributed by atoms with Crippen molar-refractivity contribution < 1.29 is 23.8 Å². The summed E-state index contributed by atoms with van der Waals surface area (Å²) < 4.78 is 16.9. The van der Waals surface area contributed by atoms with Crippen LogP contribution in [0, 0.1) is 12.3 Å². The number of carbonyl (C=O) groups is 1. The molecule has 32 heavy (non-hydrogen) atoms. The van der Waals surface area contributed by atoms with Gasteiger partial charge in [0.15, 0.2) is 23.2 Å². The number of hydrogen-bond donors (Lipinski definition) is 1. The Balaban J connectivity index is 1.42. The van der Waals surface area contributed by atoms with Gasteiger partial charge in [-0.2, -0.15) is 4.99 Å². The van der Waals surface area contributed by atoms with Gasteiger partial charge in [0.05, 0.1) is 12.7 Å². The third kappa shape index (κ3) is 4.49. The Morgan fingerprint density at radius 2 is 1.81 bits per heavy atom. The molecule has 0 saturated heterocycles. The van der Waals surface area contributed by atoms with E-state index >= 15 is 0 Å². The van der Waals surface area contributed by atoms with Gasteiger partial charge in [-0.05, 0) is 49.8 Å². The summed E-state index contributed by atoms with van der Waals surface area (Å²) in [5.41, 5.74) is 1.96. The van der Waals surface area contributed by atoms with Gasteiger partial charge in [-0.3, -0.25) is 10.2 Å². The quantitative estimate of drug-likeness (QED) is 0.526. The first-order valence-corrected chi connectivity index (χ1v) is 10.0. The molecule has 164 valence electrons. The van der Waals surface area contributed by atoms with Gasteiger partial charge in [0.1, 0.15) is 24.7 Å². The molecule has 2 heterocycles. The molecule has 0 spiro atoms. The number of aliphatic imine (C=N–C) groups is 1. The van der Waals surface area contributed by atoms with Gasteiger partial charge < -0.3 is 19.0 Å². The molecule has 0 unspecified atom stereocenters. The lowest BCUT2D eigenvalue weighted by Crippen LogP contribution is -2.38. The molecule has 2 aromatic rings. The molecule has 2 aliphatic rings. The minimum absolute atomic E-state index is 0.0688. The van der Waals surface area contributed by atoms with E-state index in [2.05, 4.69) is 4.99 Å². The zero-order valence-corrected chi connectivity index (χ0v) is 18.0. The minimum Gasteiger partial charge on any atom is -0.493 e. The van der Waals surface area contributed by atoms with E-state index < -0.39 is 5.91 Å². The van der Waals surface area contributed by atoms with Crippen molar-refractivity contribution in [2.45, 2.75) is 13.8 Å². The Bertz CT molecular complexity index is 1150. The van der Waals surface area contributed by atoms with Crippen molar-refractivity contribution in [1.82, 2.24) is 5.06 Å². The van der Waals surface area contributed by atoms with Crippen molar-refractivity contribution in [1.29, 1.82) is 5.41 Å². The topological polar surface area (TPSA) is 93.4 Å². The minimum atomic E-state index is -0.497. The summed E-state index contributed by atoms with van der Waals surface area (Å²) in [6, 6.07) is 13.1.